The van der Waals surface area contributed by atoms with Crippen LogP contribution in [0.3, 0.4) is 0 Å². The number of piperidine rings is 1. The number of hydroxylamine groups is 1. The van der Waals surface area contributed by atoms with Gasteiger partial charge >= 0.3 is 6.18 Å². The summed E-state index contributed by atoms with van der Waals surface area (Å²) in [6.45, 7) is 11.7. The molecule has 0 bridgehead atoms. The minimum atomic E-state index is -4.47. The lowest BCUT2D eigenvalue weighted by molar-refractivity contribution is -0.138. The van der Waals surface area contributed by atoms with E-state index < -0.39 is 19.8 Å². The van der Waals surface area contributed by atoms with Crippen LogP contribution < -0.4 is 20.8 Å². The van der Waals surface area contributed by atoms with E-state index in [9.17, 15) is 22.8 Å². The maximum absolute atomic E-state index is 13.1. The van der Waals surface area contributed by atoms with E-state index in [-0.39, 0.29) is 49.1 Å². The molecule has 0 radical (unpaired) electrons. The largest absolute Gasteiger partial charge is 0.419 e. The van der Waals surface area contributed by atoms with Gasteiger partial charge < -0.3 is 14.5 Å². The van der Waals surface area contributed by atoms with Gasteiger partial charge in [0.1, 0.15) is 6.73 Å². The molecule has 11 nitrogen and oxygen atoms in total. The average molecular weight is 626 g/mol. The summed E-state index contributed by atoms with van der Waals surface area (Å²) in [5.74, 6) is 0.148. The van der Waals surface area contributed by atoms with E-state index in [0.29, 0.717) is 39.0 Å². The molecular weight excluding hydrogens is 583 g/mol. The Bertz CT molecular complexity index is 1280. The van der Waals surface area contributed by atoms with Crippen LogP contribution in [-0.4, -0.2) is 72.6 Å². The van der Waals surface area contributed by atoms with Crippen molar-refractivity contribution in [3.8, 4) is 0 Å². The number of hydrogen-bond donors (Lipinski definition) is 1. The van der Waals surface area contributed by atoms with Crippen molar-refractivity contribution < 1.29 is 27.5 Å². The molecule has 0 aliphatic carbocycles. The third-order valence-corrected chi connectivity index (χ3v) is 9.55. The minimum Gasteiger partial charge on any atom is -0.365 e. The Kier molecular flexibility index (Phi) is 10.8. The van der Waals surface area contributed by atoms with Crippen molar-refractivity contribution in [1.82, 2.24) is 25.2 Å². The predicted molar refractivity (Wildman–Crippen MR) is 158 cm³/mol. The maximum atomic E-state index is 13.1. The van der Waals surface area contributed by atoms with Gasteiger partial charge in [0, 0.05) is 58.7 Å². The smallest absolute Gasteiger partial charge is 0.365 e. The van der Waals surface area contributed by atoms with Crippen LogP contribution in [0, 0.1) is 5.92 Å². The topological polar surface area (TPSA) is 115 Å². The highest BCUT2D eigenvalue weighted by Crippen LogP contribution is 2.29. The van der Waals surface area contributed by atoms with Crippen LogP contribution in [0.2, 0.25) is 25.7 Å². The summed E-state index contributed by atoms with van der Waals surface area (Å²) in [4.78, 5) is 42.8. The first-order valence-corrected chi connectivity index (χ1v) is 18.5. The van der Waals surface area contributed by atoms with Gasteiger partial charge in [-0.25, -0.2) is 20.1 Å². The van der Waals surface area contributed by atoms with Crippen LogP contribution in [0.25, 0.3) is 0 Å². The molecule has 1 amide bonds. The first-order chi connectivity index (χ1) is 20.3. The van der Waals surface area contributed by atoms with E-state index in [1.165, 1.54) is 4.68 Å². The van der Waals surface area contributed by atoms with E-state index in [1.54, 1.807) is 6.20 Å². The van der Waals surface area contributed by atoms with Crippen molar-refractivity contribution in [3.63, 3.8) is 0 Å². The molecule has 0 spiro atoms. The Hall–Kier alpha value is -3.04. The molecule has 1 unspecified atom stereocenters. The van der Waals surface area contributed by atoms with Gasteiger partial charge in [0.2, 0.25) is 11.9 Å². The Labute approximate surface area is 250 Å². The average Bonchev–Trinajstić information content (AvgIpc) is 2.95. The number of nitrogens with zero attached hydrogens (tertiary/aromatic N) is 6. The van der Waals surface area contributed by atoms with Crippen molar-refractivity contribution in [2.75, 3.05) is 42.6 Å². The monoisotopic (exact) mass is 625 g/mol. The minimum absolute atomic E-state index is 0.101. The lowest BCUT2D eigenvalue weighted by atomic mass is 9.93. The van der Waals surface area contributed by atoms with Gasteiger partial charge in [0.05, 0.1) is 30.1 Å². The molecule has 2 aliphatic rings. The van der Waals surface area contributed by atoms with E-state index in [1.807, 2.05) is 11.8 Å². The van der Waals surface area contributed by atoms with Crippen LogP contribution in [0.5, 0.6) is 0 Å². The van der Waals surface area contributed by atoms with Crippen LogP contribution in [-0.2, 0) is 33.7 Å². The lowest BCUT2D eigenvalue weighted by Crippen LogP contribution is -2.44. The fourth-order valence-electron chi connectivity index (χ4n) is 5.23. The molecule has 238 valence electrons. The Balaban J connectivity index is 1.20. The molecule has 1 atom stereocenters. The van der Waals surface area contributed by atoms with Crippen molar-refractivity contribution >= 4 is 25.6 Å². The van der Waals surface area contributed by atoms with Gasteiger partial charge in [-0.3, -0.25) is 14.4 Å². The van der Waals surface area contributed by atoms with E-state index in [4.69, 9.17) is 9.57 Å². The van der Waals surface area contributed by atoms with Crippen molar-refractivity contribution in [2.24, 2.45) is 5.92 Å². The number of hydrogen-bond acceptors (Lipinski definition) is 9. The molecular formula is C28H42F3N7O4Si. The number of fused-ring (bicyclic) bond motifs is 1. The molecule has 0 aromatic carbocycles. The van der Waals surface area contributed by atoms with E-state index >= 15 is 0 Å². The van der Waals surface area contributed by atoms with E-state index in [2.05, 4.69) is 45.1 Å². The third kappa shape index (κ3) is 9.22. The fourth-order valence-corrected chi connectivity index (χ4v) is 5.99. The summed E-state index contributed by atoms with van der Waals surface area (Å²) in [6.07, 6.45) is 1.99. The number of carbonyl (C=O) groups is 1. The molecule has 1 fully saturated rings. The van der Waals surface area contributed by atoms with E-state index in [0.717, 1.165) is 42.7 Å². The zero-order chi connectivity index (χ0) is 31.2. The summed E-state index contributed by atoms with van der Waals surface area (Å²) in [5.41, 5.74) is 3.04. The van der Waals surface area contributed by atoms with Crippen molar-refractivity contribution in [1.29, 1.82) is 0 Å². The number of aromatic nitrogens is 4. The molecule has 2 aliphatic heterocycles. The Morgan fingerprint density at radius 3 is 2.49 bits per heavy atom. The lowest BCUT2D eigenvalue weighted by Gasteiger charge is -2.35. The highest BCUT2D eigenvalue weighted by atomic mass is 28.3. The summed E-state index contributed by atoms with van der Waals surface area (Å²) in [7, 11) is -1.21. The second-order valence-corrected chi connectivity index (χ2v) is 18.2. The number of halogens is 3. The quantitative estimate of drug-likeness (QED) is 0.213. The standard InChI is InChI=1S/C28H42F3N7O4Si/c1-20(37-9-5-6-23-24(37)17-34-38(26(23)40)19-41-12-13-43(2,3)4)18-42-35-25(39)14-21-7-10-36(11-8-21)27-32-15-22(16-33-27)28(29,30)31/h15-17,20-21H,5-14,18-19H2,1-4H3,(H,35,39). The number of alkyl halides is 3. The number of anilines is 2. The maximum Gasteiger partial charge on any atom is 0.419 e. The van der Waals surface area contributed by atoms with Crippen LogP contribution in [0.15, 0.2) is 23.4 Å². The molecule has 43 heavy (non-hydrogen) atoms. The van der Waals surface area contributed by atoms with Crippen molar-refractivity contribution in [3.05, 3.63) is 40.1 Å². The molecule has 15 heteroatoms. The van der Waals surface area contributed by atoms with Crippen LogP contribution >= 0.6 is 0 Å². The van der Waals surface area contributed by atoms with Crippen LogP contribution in [0.1, 0.15) is 43.7 Å². The van der Waals surface area contributed by atoms with Gasteiger partial charge in [0.25, 0.3) is 5.56 Å². The summed E-state index contributed by atoms with van der Waals surface area (Å²) < 4.78 is 45.4. The molecule has 2 aromatic rings. The summed E-state index contributed by atoms with van der Waals surface area (Å²) >= 11 is 0. The second kappa shape index (κ2) is 14.2. The highest BCUT2D eigenvalue weighted by Gasteiger charge is 2.32. The fraction of sp³-hybridized carbons (Fsp3) is 0.679. The van der Waals surface area contributed by atoms with Gasteiger partial charge in [-0.2, -0.15) is 18.3 Å². The summed E-state index contributed by atoms with van der Waals surface area (Å²) in [5, 5.41) is 4.35. The number of rotatable bonds is 12. The molecule has 4 heterocycles. The van der Waals surface area contributed by atoms with Gasteiger partial charge in [-0.15, -0.1) is 0 Å². The van der Waals surface area contributed by atoms with Gasteiger partial charge in [-0.05, 0) is 44.6 Å². The number of nitrogens with one attached hydrogen (secondary N) is 1. The SMILES string of the molecule is CC(CONC(=O)CC1CCN(c2ncc(C(F)(F)F)cn2)CC1)N1CCCc2c1cnn(COCC[Si](C)(C)C)c2=O. The molecule has 1 N–H and O–H groups in total. The van der Waals surface area contributed by atoms with Gasteiger partial charge in [-0.1, -0.05) is 19.6 Å². The predicted octanol–water partition coefficient (Wildman–Crippen LogP) is 3.86. The normalized spacial score (nSPS) is 17.1. The number of ether oxygens (including phenoxy) is 1. The molecule has 2 aromatic heterocycles. The van der Waals surface area contributed by atoms with Gasteiger partial charge in [0.15, 0.2) is 0 Å². The summed E-state index contributed by atoms with van der Waals surface area (Å²) in [6, 6.07) is 0.922. The zero-order valence-electron chi connectivity index (χ0n) is 25.3. The molecule has 0 saturated carbocycles. The zero-order valence-corrected chi connectivity index (χ0v) is 26.3. The number of carbonyl (C=O) groups excluding carboxylic acids is 1. The second-order valence-electron chi connectivity index (χ2n) is 12.5. The number of amides is 1. The first-order valence-electron chi connectivity index (χ1n) is 14.8. The molecule has 1 saturated heterocycles. The highest BCUT2D eigenvalue weighted by molar-refractivity contribution is 6.76. The Morgan fingerprint density at radius 1 is 1.14 bits per heavy atom. The molecule has 4 rings (SSSR count). The third-order valence-electron chi connectivity index (χ3n) is 7.85. The van der Waals surface area contributed by atoms with Crippen LogP contribution in [0.4, 0.5) is 24.8 Å². The van der Waals surface area contributed by atoms with Crippen molar-refractivity contribution in [2.45, 2.75) is 83.7 Å². The Morgan fingerprint density at radius 2 is 1.84 bits per heavy atom. The first kappa shape index (κ1) is 32.9.